The zero-order valence-electron chi connectivity index (χ0n) is 9.06. The van der Waals surface area contributed by atoms with E-state index in [1.54, 1.807) is 25.8 Å². The van der Waals surface area contributed by atoms with Gasteiger partial charge in [0.15, 0.2) is 0 Å². The second-order valence-corrected chi connectivity index (χ2v) is 4.71. The van der Waals surface area contributed by atoms with Crippen molar-refractivity contribution in [1.29, 1.82) is 0 Å². The zero-order chi connectivity index (χ0) is 11.3. The van der Waals surface area contributed by atoms with Gasteiger partial charge in [-0.25, -0.2) is 0 Å². The molecule has 0 aromatic heterocycles. The molecule has 0 aliphatic heterocycles. The molecule has 4 heteroatoms. The predicted octanol–water partition coefficient (Wildman–Crippen LogP) is 1.50. The summed E-state index contributed by atoms with van der Waals surface area (Å²) in [5, 5.41) is 9.71. The van der Waals surface area contributed by atoms with Crippen molar-refractivity contribution < 1.29 is 9.84 Å². The largest absolute Gasteiger partial charge is 0.497 e. The lowest BCUT2D eigenvalue weighted by molar-refractivity contribution is 0.0949. The van der Waals surface area contributed by atoms with E-state index in [1.165, 1.54) is 0 Å². The van der Waals surface area contributed by atoms with E-state index in [9.17, 15) is 5.11 Å². The molecule has 0 aliphatic rings. The summed E-state index contributed by atoms with van der Waals surface area (Å²) in [6.07, 6.45) is 0. The van der Waals surface area contributed by atoms with Crippen LogP contribution in [-0.4, -0.2) is 30.1 Å². The Kier molecular flexibility index (Phi) is 4.45. The van der Waals surface area contributed by atoms with Crippen LogP contribution in [0.1, 0.15) is 6.92 Å². The van der Waals surface area contributed by atoms with Crippen molar-refractivity contribution in [3.05, 3.63) is 24.3 Å². The van der Waals surface area contributed by atoms with Crippen molar-refractivity contribution in [2.24, 2.45) is 5.73 Å². The molecule has 0 amide bonds. The van der Waals surface area contributed by atoms with Crippen LogP contribution >= 0.6 is 11.8 Å². The van der Waals surface area contributed by atoms with Crippen molar-refractivity contribution in [2.75, 3.05) is 19.4 Å². The summed E-state index contributed by atoms with van der Waals surface area (Å²) >= 11 is 1.59. The summed E-state index contributed by atoms with van der Waals surface area (Å²) < 4.78 is 5.06. The molecule has 0 saturated carbocycles. The van der Waals surface area contributed by atoms with E-state index in [-0.39, 0.29) is 6.54 Å². The third kappa shape index (κ3) is 4.11. The topological polar surface area (TPSA) is 55.5 Å². The van der Waals surface area contributed by atoms with Crippen molar-refractivity contribution in [1.82, 2.24) is 0 Å². The highest BCUT2D eigenvalue weighted by Gasteiger charge is 2.17. The highest BCUT2D eigenvalue weighted by molar-refractivity contribution is 7.99. The fourth-order valence-electron chi connectivity index (χ4n) is 0.970. The molecule has 15 heavy (non-hydrogen) atoms. The zero-order valence-corrected chi connectivity index (χ0v) is 9.88. The molecular formula is C11H17NO2S. The molecule has 1 unspecified atom stereocenters. The van der Waals surface area contributed by atoms with Gasteiger partial charge in [0, 0.05) is 17.2 Å². The summed E-state index contributed by atoms with van der Waals surface area (Å²) in [6, 6.07) is 7.74. The first-order valence-electron chi connectivity index (χ1n) is 4.77. The molecule has 84 valence electrons. The van der Waals surface area contributed by atoms with Gasteiger partial charge in [0.25, 0.3) is 0 Å². The third-order valence-electron chi connectivity index (χ3n) is 2.05. The minimum absolute atomic E-state index is 0.274. The van der Waals surface area contributed by atoms with Crippen molar-refractivity contribution in [2.45, 2.75) is 17.4 Å². The molecule has 0 heterocycles. The normalized spacial score (nSPS) is 14.7. The summed E-state index contributed by atoms with van der Waals surface area (Å²) in [7, 11) is 1.64. The first-order valence-corrected chi connectivity index (χ1v) is 5.75. The van der Waals surface area contributed by atoms with Gasteiger partial charge >= 0.3 is 0 Å². The number of benzene rings is 1. The number of hydrogen-bond acceptors (Lipinski definition) is 4. The molecule has 3 N–H and O–H groups in total. The van der Waals surface area contributed by atoms with Crippen LogP contribution in [-0.2, 0) is 0 Å². The Morgan fingerprint density at radius 2 is 2.00 bits per heavy atom. The maximum Gasteiger partial charge on any atom is 0.118 e. The molecule has 1 atom stereocenters. The van der Waals surface area contributed by atoms with Crippen LogP contribution in [0, 0.1) is 0 Å². The Bertz CT molecular complexity index is 298. The second kappa shape index (κ2) is 5.39. The molecule has 0 bridgehead atoms. The third-order valence-corrected chi connectivity index (χ3v) is 3.42. The lowest BCUT2D eigenvalue weighted by atomic mass is 10.1. The summed E-state index contributed by atoms with van der Waals surface area (Å²) in [6.45, 7) is 2.01. The van der Waals surface area contributed by atoms with E-state index in [0.29, 0.717) is 5.75 Å². The van der Waals surface area contributed by atoms with Gasteiger partial charge < -0.3 is 15.6 Å². The number of hydrogen-bond donors (Lipinski definition) is 2. The Hall–Kier alpha value is -0.710. The summed E-state index contributed by atoms with van der Waals surface area (Å²) in [4.78, 5) is 1.10. The molecule has 0 radical (unpaired) electrons. The molecule has 1 aromatic carbocycles. The fourth-order valence-corrected chi connectivity index (χ4v) is 1.89. The van der Waals surface area contributed by atoms with Crippen LogP contribution < -0.4 is 10.5 Å². The van der Waals surface area contributed by atoms with Gasteiger partial charge in [-0.1, -0.05) is 0 Å². The van der Waals surface area contributed by atoms with Gasteiger partial charge in [-0.15, -0.1) is 11.8 Å². The fraction of sp³-hybridized carbons (Fsp3) is 0.455. The standard InChI is InChI=1S/C11H17NO2S/c1-11(13,7-12)8-15-10-5-3-9(14-2)4-6-10/h3-6,13H,7-8,12H2,1-2H3. The van der Waals surface area contributed by atoms with Crippen LogP contribution in [0.15, 0.2) is 29.2 Å². The molecule has 0 aliphatic carbocycles. The number of rotatable bonds is 5. The molecule has 3 nitrogen and oxygen atoms in total. The highest BCUT2D eigenvalue weighted by Crippen LogP contribution is 2.24. The van der Waals surface area contributed by atoms with E-state index in [4.69, 9.17) is 10.5 Å². The average molecular weight is 227 g/mol. The van der Waals surface area contributed by atoms with Crippen LogP contribution in [0.4, 0.5) is 0 Å². The van der Waals surface area contributed by atoms with E-state index in [1.807, 2.05) is 24.3 Å². The minimum Gasteiger partial charge on any atom is -0.497 e. The second-order valence-electron chi connectivity index (χ2n) is 3.67. The number of aliphatic hydroxyl groups is 1. The number of nitrogens with two attached hydrogens (primary N) is 1. The van der Waals surface area contributed by atoms with Gasteiger partial charge in [0.1, 0.15) is 5.75 Å². The predicted molar refractivity (Wildman–Crippen MR) is 63.4 cm³/mol. The van der Waals surface area contributed by atoms with Crippen molar-refractivity contribution in [3.8, 4) is 5.75 Å². The van der Waals surface area contributed by atoms with Crippen molar-refractivity contribution >= 4 is 11.8 Å². The minimum atomic E-state index is -0.801. The molecular weight excluding hydrogens is 210 g/mol. The van der Waals surface area contributed by atoms with Gasteiger partial charge in [0.05, 0.1) is 12.7 Å². The maximum atomic E-state index is 9.71. The lowest BCUT2D eigenvalue weighted by Gasteiger charge is -2.20. The number of thioether (sulfide) groups is 1. The van der Waals surface area contributed by atoms with Crippen LogP contribution in [0.25, 0.3) is 0 Å². The highest BCUT2D eigenvalue weighted by atomic mass is 32.2. The Labute approximate surface area is 94.6 Å². The van der Waals surface area contributed by atoms with E-state index >= 15 is 0 Å². The van der Waals surface area contributed by atoms with Gasteiger partial charge in [-0.2, -0.15) is 0 Å². The SMILES string of the molecule is COc1ccc(SCC(C)(O)CN)cc1. The Morgan fingerprint density at radius 1 is 1.40 bits per heavy atom. The molecule has 1 aromatic rings. The quantitative estimate of drug-likeness (QED) is 0.748. The van der Waals surface area contributed by atoms with Gasteiger partial charge in [-0.05, 0) is 31.2 Å². The molecule has 0 saturated heterocycles. The summed E-state index contributed by atoms with van der Waals surface area (Å²) in [5.41, 5.74) is 4.63. The first-order chi connectivity index (χ1) is 7.07. The average Bonchev–Trinajstić information content (AvgIpc) is 2.27. The number of methoxy groups -OCH3 is 1. The lowest BCUT2D eigenvalue weighted by Crippen LogP contribution is -2.36. The molecule has 0 fully saturated rings. The Morgan fingerprint density at radius 3 is 2.47 bits per heavy atom. The van der Waals surface area contributed by atoms with Crippen LogP contribution in [0.2, 0.25) is 0 Å². The number of ether oxygens (including phenoxy) is 1. The smallest absolute Gasteiger partial charge is 0.118 e. The van der Waals surface area contributed by atoms with E-state index in [2.05, 4.69) is 0 Å². The summed E-state index contributed by atoms with van der Waals surface area (Å²) in [5.74, 6) is 1.43. The van der Waals surface area contributed by atoms with Crippen LogP contribution in [0.5, 0.6) is 5.75 Å². The van der Waals surface area contributed by atoms with E-state index in [0.717, 1.165) is 10.6 Å². The monoisotopic (exact) mass is 227 g/mol. The van der Waals surface area contributed by atoms with E-state index < -0.39 is 5.60 Å². The van der Waals surface area contributed by atoms with Crippen molar-refractivity contribution in [3.63, 3.8) is 0 Å². The first kappa shape index (κ1) is 12.4. The van der Waals surface area contributed by atoms with Gasteiger partial charge in [0.2, 0.25) is 0 Å². The Balaban J connectivity index is 2.51. The maximum absolute atomic E-state index is 9.71. The van der Waals surface area contributed by atoms with Crippen LogP contribution in [0.3, 0.4) is 0 Å². The van der Waals surface area contributed by atoms with Gasteiger partial charge in [-0.3, -0.25) is 0 Å². The molecule has 0 spiro atoms. The molecule has 1 rings (SSSR count).